The van der Waals surface area contributed by atoms with Crippen molar-refractivity contribution in [1.29, 1.82) is 0 Å². The molecule has 0 spiro atoms. The number of hydrogen-bond donors (Lipinski definition) is 1. The Bertz CT molecular complexity index is 531. The zero-order chi connectivity index (χ0) is 11.1. The molecule has 0 unspecified atom stereocenters. The van der Waals surface area contributed by atoms with Crippen molar-refractivity contribution < 1.29 is 5.11 Å². The summed E-state index contributed by atoms with van der Waals surface area (Å²) in [4.78, 5) is 0. The van der Waals surface area contributed by atoms with E-state index in [1.165, 1.54) is 12.8 Å². The molecule has 1 aromatic heterocycles. The van der Waals surface area contributed by atoms with E-state index in [1.54, 1.807) is 0 Å². The van der Waals surface area contributed by atoms with Crippen molar-refractivity contribution in [3.05, 3.63) is 23.9 Å². The maximum absolute atomic E-state index is 9.09. The number of rotatable bonds is 3. The largest absolute Gasteiger partial charge is 0.392 e. The lowest BCUT2D eigenvalue weighted by Crippen LogP contribution is -2.04. The zero-order valence-electron chi connectivity index (χ0n) is 9.06. The summed E-state index contributed by atoms with van der Waals surface area (Å²) in [6.45, 7) is 0.998. The van der Waals surface area contributed by atoms with E-state index in [9.17, 15) is 0 Å². The molecule has 1 aliphatic carbocycles. The second kappa shape index (κ2) is 3.63. The van der Waals surface area contributed by atoms with Crippen molar-refractivity contribution in [2.24, 2.45) is 5.92 Å². The van der Waals surface area contributed by atoms with E-state index >= 15 is 0 Å². The topological polar surface area (TPSA) is 38.1 Å². The first-order chi connectivity index (χ1) is 7.76. The summed E-state index contributed by atoms with van der Waals surface area (Å²) in [5.74, 6) is 0.799. The standard InChI is InChI=1S/C12H13BN2O/c13-11-3-9(7-16)4-12-10(11)6-15(14-12)5-8-1-2-8/h3-4,6,8,16H,1-2,5,7H2. The first kappa shape index (κ1) is 9.91. The Morgan fingerprint density at radius 2 is 2.25 bits per heavy atom. The lowest BCUT2D eigenvalue weighted by atomic mass is 9.91. The van der Waals surface area contributed by atoms with E-state index in [1.807, 2.05) is 23.0 Å². The smallest absolute Gasteiger partial charge is 0.114 e. The molecule has 0 bridgehead atoms. The first-order valence-corrected chi connectivity index (χ1v) is 5.62. The predicted molar refractivity (Wildman–Crippen MR) is 63.8 cm³/mol. The van der Waals surface area contributed by atoms with Gasteiger partial charge in [0.25, 0.3) is 0 Å². The number of aliphatic hydroxyl groups excluding tert-OH is 1. The molecule has 3 nitrogen and oxygen atoms in total. The third-order valence-electron chi connectivity index (χ3n) is 3.09. The molecule has 0 saturated heterocycles. The second-order valence-electron chi connectivity index (χ2n) is 4.57. The molecule has 0 amide bonds. The molecule has 0 aliphatic heterocycles. The fourth-order valence-corrected chi connectivity index (χ4v) is 2.01. The van der Waals surface area contributed by atoms with Crippen LogP contribution in [0.1, 0.15) is 18.4 Å². The van der Waals surface area contributed by atoms with Gasteiger partial charge >= 0.3 is 0 Å². The summed E-state index contributed by atoms with van der Waals surface area (Å²) >= 11 is 0. The normalized spacial score (nSPS) is 15.8. The molecule has 1 N–H and O–H groups in total. The minimum absolute atomic E-state index is 0.00955. The Morgan fingerprint density at radius 1 is 1.44 bits per heavy atom. The van der Waals surface area contributed by atoms with Crippen LogP contribution in [-0.4, -0.2) is 22.7 Å². The summed E-state index contributed by atoms with van der Waals surface area (Å²) in [7, 11) is 5.93. The molecule has 2 aromatic rings. The number of fused-ring (bicyclic) bond motifs is 1. The van der Waals surface area contributed by atoms with Gasteiger partial charge in [-0.15, -0.1) is 0 Å². The molecule has 80 valence electrons. The summed E-state index contributed by atoms with van der Waals surface area (Å²) < 4.78 is 1.97. The maximum atomic E-state index is 9.09. The van der Waals surface area contributed by atoms with Crippen LogP contribution < -0.4 is 5.46 Å². The quantitative estimate of drug-likeness (QED) is 0.761. The molecule has 2 radical (unpaired) electrons. The van der Waals surface area contributed by atoms with Gasteiger partial charge in [-0.1, -0.05) is 11.5 Å². The van der Waals surface area contributed by atoms with Crippen LogP contribution in [0.4, 0.5) is 0 Å². The minimum Gasteiger partial charge on any atom is -0.392 e. The van der Waals surface area contributed by atoms with Crippen LogP contribution in [-0.2, 0) is 13.2 Å². The average molecular weight is 212 g/mol. The van der Waals surface area contributed by atoms with Crippen molar-refractivity contribution in [3.8, 4) is 0 Å². The number of aromatic nitrogens is 2. The average Bonchev–Trinajstić information content (AvgIpc) is 2.96. The summed E-state index contributed by atoms with van der Waals surface area (Å²) in [6, 6.07) is 3.71. The molecule has 1 saturated carbocycles. The minimum atomic E-state index is 0.00955. The Morgan fingerprint density at radius 3 is 2.94 bits per heavy atom. The molecular weight excluding hydrogens is 199 g/mol. The maximum Gasteiger partial charge on any atom is 0.114 e. The number of aliphatic hydroxyl groups is 1. The highest BCUT2D eigenvalue weighted by Gasteiger charge is 2.22. The van der Waals surface area contributed by atoms with E-state index in [0.29, 0.717) is 5.46 Å². The molecule has 1 aromatic carbocycles. The third kappa shape index (κ3) is 1.73. The van der Waals surface area contributed by atoms with Crippen molar-refractivity contribution in [3.63, 3.8) is 0 Å². The molecule has 3 rings (SSSR count). The van der Waals surface area contributed by atoms with Gasteiger partial charge in [0.15, 0.2) is 0 Å². The SMILES string of the molecule is [B]c1cc(CO)cc2nn(CC3CC3)cc12. The Labute approximate surface area is 95.5 Å². The molecular formula is C12H13BN2O. The van der Waals surface area contributed by atoms with Crippen molar-refractivity contribution in [2.75, 3.05) is 0 Å². The fourth-order valence-electron chi connectivity index (χ4n) is 2.01. The highest BCUT2D eigenvalue weighted by atomic mass is 16.3. The fraction of sp³-hybridized carbons (Fsp3) is 0.417. The predicted octanol–water partition coefficient (Wildman–Crippen LogP) is 0.732. The van der Waals surface area contributed by atoms with Gasteiger partial charge in [0.05, 0.1) is 12.1 Å². The Hall–Kier alpha value is -1.29. The summed E-state index contributed by atoms with van der Waals surface area (Å²) in [6.07, 6.45) is 4.63. The van der Waals surface area contributed by atoms with Crippen LogP contribution in [0.3, 0.4) is 0 Å². The number of nitrogens with zero attached hydrogens (tertiary/aromatic N) is 2. The van der Waals surface area contributed by atoms with Gasteiger partial charge in [0, 0.05) is 18.1 Å². The third-order valence-corrected chi connectivity index (χ3v) is 3.09. The second-order valence-corrected chi connectivity index (χ2v) is 4.57. The van der Waals surface area contributed by atoms with E-state index in [2.05, 4.69) is 5.10 Å². The van der Waals surface area contributed by atoms with Gasteiger partial charge in [-0.05, 0) is 30.4 Å². The van der Waals surface area contributed by atoms with E-state index in [0.717, 1.165) is 28.9 Å². The first-order valence-electron chi connectivity index (χ1n) is 5.62. The van der Waals surface area contributed by atoms with Gasteiger partial charge in [0.1, 0.15) is 7.85 Å². The summed E-state index contributed by atoms with van der Waals surface area (Å²) in [5.41, 5.74) is 2.40. The van der Waals surface area contributed by atoms with Gasteiger partial charge in [-0.3, -0.25) is 4.68 Å². The molecule has 1 aliphatic rings. The van der Waals surface area contributed by atoms with Crippen molar-refractivity contribution in [1.82, 2.24) is 9.78 Å². The van der Waals surface area contributed by atoms with E-state index in [4.69, 9.17) is 13.0 Å². The van der Waals surface area contributed by atoms with Gasteiger partial charge in [-0.2, -0.15) is 5.10 Å². The van der Waals surface area contributed by atoms with Crippen molar-refractivity contribution >= 4 is 24.2 Å². The Kier molecular flexibility index (Phi) is 2.25. The number of benzene rings is 1. The van der Waals surface area contributed by atoms with Crippen LogP contribution in [0.5, 0.6) is 0 Å². The van der Waals surface area contributed by atoms with Crippen LogP contribution >= 0.6 is 0 Å². The molecule has 0 atom stereocenters. The molecule has 1 fully saturated rings. The summed E-state index contributed by atoms with van der Waals surface area (Å²) in [5, 5.41) is 14.6. The lowest BCUT2D eigenvalue weighted by molar-refractivity contribution is 0.282. The molecule has 4 heteroatoms. The number of hydrogen-bond acceptors (Lipinski definition) is 2. The highest BCUT2D eigenvalue weighted by Crippen LogP contribution is 2.30. The highest BCUT2D eigenvalue weighted by molar-refractivity contribution is 6.38. The van der Waals surface area contributed by atoms with E-state index < -0.39 is 0 Å². The van der Waals surface area contributed by atoms with E-state index in [-0.39, 0.29) is 6.61 Å². The zero-order valence-corrected chi connectivity index (χ0v) is 9.06. The Balaban J connectivity index is 2.04. The van der Waals surface area contributed by atoms with Crippen LogP contribution in [0.25, 0.3) is 10.9 Å². The van der Waals surface area contributed by atoms with Gasteiger partial charge < -0.3 is 5.11 Å². The van der Waals surface area contributed by atoms with Crippen LogP contribution in [0, 0.1) is 5.92 Å². The van der Waals surface area contributed by atoms with Crippen LogP contribution in [0.2, 0.25) is 0 Å². The lowest BCUT2D eigenvalue weighted by Gasteiger charge is -1.99. The molecule has 1 heterocycles. The van der Waals surface area contributed by atoms with Crippen LogP contribution in [0.15, 0.2) is 18.3 Å². The van der Waals surface area contributed by atoms with Gasteiger partial charge in [0.2, 0.25) is 0 Å². The van der Waals surface area contributed by atoms with Gasteiger partial charge in [-0.25, -0.2) is 0 Å². The monoisotopic (exact) mass is 212 g/mol. The van der Waals surface area contributed by atoms with Crippen molar-refractivity contribution in [2.45, 2.75) is 26.0 Å². The molecule has 16 heavy (non-hydrogen) atoms.